The number of hydrogen-bond acceptors (Lipinski definition) is 2. The normalized spacial score (nSPS) is 13.6. The summed E-state index contributed by atoms with van der Waals surface area (Å²) < 4.78 is 13.3. The van der Waals surface area contributed by atoms with Crippen LogP contribution in [-0.2, 0) is 5.41 Å². The minimum atomic E-state index is -0.0722. The highest BCUT2D eigenvalue weighted by molar-refractivity contribution is 6.25. The molecule has 9 aromatic carbocycles. The average Bonchev–Trinajstić information content (AvgIpc) is 3.84. The first-order valence-electron chi connectivity index (χ1n) is 18.4. The van der Waals surface area contributed by atoms with Gasteiger partial charge in [-0.3, -0.25) is 0 Å². The molecule has 0 amide bonds. The third kappa shape index (κ3) is 3.82. The van der Waals surface area contributed by atoms with Crippen LogP contribution in [0.25, 0.3) is 110 Å². The van der Waals surface area contributed by atoms with Crippen LogP contribution in [-0.4, -0.2) is 0 Å². The van der Waals surface area contributed by atoms with Crippen molar-refractivity contribution >= 4 is 76.2 Å². The summed E-state index contributed by atoms with van der Waals surface area (Å²) >= 11 is 0. The number of benzene rings is 9. The van der Waals surface area contributed by atoms with Crippen LogP contribution in [0, 0.1) is 0 Å². The van der Waals surface area contributed by atoms with Crippen LogP contribution in [0.2, 0.25) is 0 Å². The Morgan fingerprint density at radius 2 is 0.925 bits per heavy atom. The molecule has 53 heavy (non-hydrogen) atoms. The van der Waals surface area contributed by atoms with Crippen LogP contribution in [0.15, 0.2) is 167 Å². The maximum absolute atomic E-state index is 6.78. The molecule has 12 rings (SSSR count). The Morgan fingerprint density at radius 1 is 0.377 bits per heavy atom. The fraction of sp³-hybridized carbons (Fsp3) is 0.0588. The molecular formula is C51H32O2. The van der Waals surface area contributed by atoms with Gasteiger partial charge in [0.05, 0.1) is 0 Å². The summed E-state index contributed by atoms with van der Waals surface area (Å²) in [5.74, 6) is 0. The molecule has 2 heterocycles. The quantitative estimate of drug-likeness (QED) is 0.170. The Balaban J connectivity index is 1.08. The minimum absolute atomic E-state index is 0.0722. The lowest BCUT2D eigenvalue weighted by Crippen LogP contribution is -2.14. The van der Waals surface area contributed by atoms with Gasteiger partial charge in [0.25, 0.3) is 0 Å². The van der Waals surface area contributed by atoms with Gasteiger partial charge < -0.3 is 8.83 Å². The molecule has 1 aliphatic rings. The van der Waals surface area contributed by atoms with E-state index in [-0.39, 0.29) is 5.41 Å². The van der Waals surface area contributed by atoms with Crippen molar-refractivity contribution in [2.24, 2.45) is 0 Å². The summed E-state index contributed by atoms with van der Waals surface area (Å²) in [5, 5.41) is 11.7. The van der Waals surface area contributed by atoms with Crippen LogP contribution in [0.3, 0.4) is 0 Å². The molecule has 1 aliphatic carbocycles. The van der Waals surface area contributed by atoms with Crippen molar-refractivity contribution < 1.29 is 8.83 Å². The third-order valence-corrected chi connectivity index (χ3v) is 12.1. The third-order valence-electron chi connectivity index (χ3n) is 12.1. The zero-order chi connectivity index (χ0) is 35.0. The van der Waals surface area contributed by atoms with Gasteiger partial charge in [0.1, 0.15) is 11.2 Å². The van der Waals surface area contributed by atoms with Crippen molar-refractivity contribution in [3.05, 3.63) is 169 Å². The maximum Gasteiger partial charge on any atom is 0.178 e. The van der Waals surface area contributed by atoms with E-state index in [4.69, 9.17) is 8.83 Å². The molecule has 0 fully saturated rings. The van der Waals surface area contributed by atoms with Crippen LogP contribution >= 0.6 is 0 Å². The maximum atomic E-state index is 6.78. The predicted octanol–water partition coefficient (Wildman–Crippen LogP) is 14.6. The lowest BCUT2D eigenvalue weighted by atomic mass is 9.80. The summed E-state index contributed by atoms with van der Waals surface area (Å²) in [6, 6.07) is 57.6. The molecular weight excluding hydrogens is 645 g/mol. The van der Waals surface area contributed by atoms with Gasteiger partial charge in [-0.2, -0.15) is 0 Å². The van der Waals surface area contributed by atoms with Crippen molar-refractivity contribution in [1.82, 2.24) is 0 Å². The standard InChI is InChI=1S/C51H32O2/c1-51(2)42-18-10-9-13-33(42)34-22-19-30(27-43(34)51)46-36-14-5-7-16-38(36)47(39-17-8-6-15-37(39)46)31-20-23-35-40-24-25-41-48-32-12-4-3-11-29(32)21-26-44(48)52-50(41)49(40)53-45(35)28-31/h3-28H,1-2H3. The molecule has 2 heteroatoms. The lowest BCUT2D eigenvalue weighted by Gasteiger charge is -2.23. The van der Waals surface area contributed by atoms with Gasteiger partial charge in [-0.25, -0.2) is 0 Å². The number of hydrogen-bond donors (Lipinski definition) is 0. The Kier molecular flexibility index (Phi) is 5.60. The molecule has 248 valence electrons. The summed E-state index contributed by atoms with van der Waals surface area (Å²) in [6.07, 6.45) is 0. The summed E-state index contributed by atoms with van der Waals surface area (Å²) in [6.45, 7) is 4.71. The second-order valence-corrected chi connectivity index (χ2v) is 15.2. The summed E-state index contributed by atoms with van der Waals surface area (Å²) in [4.78, 5) is 0. The monoisotopic (exact) mass is 676 g/mol. The largest absolute Gasteiger partial charge is 0.452 e. The minimum Gasteiger partial charge on any atom is -0.452 e. The van der Waals surface area contributed by atoms with Gasteiger partial charge >= 0.3 is 0 Å². The molecule has 0 aliphatic heterocycles. The van der Waals surface area contributed by atoms with Crippen LogP contribution in [0.4, 0.5) is 0 Å². The van der Waals surface area contributed by atoms with E-state index in [2.05, 4.69) is 172 Å². The molecule has 2 aromatic heterocycles. The van der Waals surface area contributed by atoms with Crippen LogP contribution < -0.4 is 0 Å². The van der Waals surface area contributed by atoms with E-state index >= 15 is 0 Å². The SMILES string of the molecule is CC1(C)c2ccccc2-c2ccc(-c3c4ccccc4c(-c4ccc5c(c4)oc4c5ccc5c4oc4ccc6ccccc6c45)c4ccccc34)cc21. The van der Waals surface area contributed by atoms with Crippen LogP contribution in [0.1, 0.15) is 25.0 Å². The molecule has 11 aromatic rings. The molecule has 0 radical (unpaired) electrons. The first-order chi connectivity index (χ1) is 26.0. The Bertz CT molecular complexity index is 3310. The van der Waals surface area contributed by atoms with Crippen molar-refractivity contribution in [3.8, 4) is 33.4 Å². The van der Waals surface area contributed by atoms with Gasteiger partial charge in [0, 0.05) is 27.0 Å². The summed E-state index contributed by atoms with van der Waals surface area (Å²) in [7, 11) is 0. The first-order valence-corrected chi connectivity index (χ1v) is 18.4. The van der Waals surface area contributed by atoms with Gasteiger partial charge in [0.2, 0.25) is 0 Å². The van der Waals surface area contributed by atoms with E-state index in [0.717, 1.165) is 49.4 Å². The zero-order valence-electron chi connectivity index (χ0n) is 29.3. The molecule has 0 bridgehead atoms. The number of rotatable bonds is 2. The van der Waals surface area contributed by atoms with Crippen molar-refractivity contribution in [1.29, 1.82) is 0 Å². The van der Waals surface area contributed by atoms with E-state index in [0.29, 0.717) is 0 Å². The van der Waals surface area contributed by atoms with Gasteiger partial charge in [0.15, 0.2) is 11.2 Å². The molecule has 0 spiro atoms. The Labute approximate surface area is 305 Å². The molecule has 0 atom stereocenters. The van der Waals surface area contributed by atoms with E-state index in [1.54, 1.807) is 0 Å². The van der Waals surface area contributed by atoms with E-state index in [1.165, 1.54) is 71.3 Å². The predicted molar refractivity (Wildman–Crippen MR) is 222 cm³/mol. The van der Waals surface area contributed by atoms with Crippen molar-refractivity contribution in [2.45, 2.75) is 19.3 Å². The van der Waals surface area contributed by atoms with Crippen molar-refractivity contribution in [2.75, 3.05) is 0 Å². The second-order valence-electron chi connectivity index (χ2n) is 15.2. The molecule has 0 saturated carbocycles. The van der Waals surface area contributed by atoms with E-state index in [9.17, 15) is 0 Å². The lowest BCUT2D eigenvalue weighted by molar-refractivity contribution is 0.633. The average molecular weight is 677 g/mol. The first kappa shape index (κ1) is 29.0. The van der Waals surface area contributed by atoms with Crippen LogP contribution in [0.5, 0.6) is 0 Å². The van der Waals surface area contributed by atoms with Crippen molar-refractivity contribution in [3.63, 3.8) is 0 Å². The van der Waals surface area contributed by atoms with Gasteiger partial charge in [-0.05, 0) is 113 Å². The smallest absolute Gasteiger partial charge is 0.178 e. The Morgan fingerprint density at radius 3 is 1.68 bits per heavy atom. The fourth-order valence-electron chi connectivity index (χ4n) is 9.60. The highest BCUT2D eigenvalue weighted by Gasteiger charge is 2.35. The number of furan rings is 2. The molecule has 0 unspecified atom stereocenters. The Hall–Kier alpha value is -6.64. The number of fused-ring (bicyclic) bond motifs is 14. The highest BCUT2D eigenvalue weighted by Crippen LogP contribution is 2.51. The van der Waals surface area contributed by atoms with E-state index in [1.807, 2.05) is 0 Å². The molecule has 2 nitrogen and oxygen atoms in total. The highest BCUT2D eigenvalue weighted by atomic mass is 16.4. The van der Waals surface area contributed by atoms with E-state index < -0.39 is 0 Å². The van der Waals surface area contributed by atoms with Gasteiger partial charge in [-0.1, -0.05) is 135 Å². The summed E-state index contributed by atoms with van der Waals surface area (Å²) in [5.41, 5.74) is 13.6. The molecule has 0 N–H and O–H groups in total. The zero-order valence-corrected chi connectivity index (χ0v) is 29.3. The topological polar surface area (TPSA) is 26.3 Å². The fourth-order valence-corrected chi connectivity index (χ4v) is 9.60. The second kappa shape index (κ2) is 10.2. The van der Waals surface area contributed by atoms with Gasteiger partial charge in [-0.15, -0.1) is 0 Å². The molecule has 0 saturated heterocycles.